The highest BCUT2D eigenvalue weighted by Gasteiger charge is 2.23. The van der Waals surface area contributed by atoms with Crippen LogP contribution in [0.15, 0.2) is 48.7 Å². The number of piperidine rings is 1. The van der Waals surface area contributed by atoms with E-state index in [2.05, 4.69) is 51.3 Å². The number of likely N-dealkylation sites (tertiary alicyclic amines) is 1. The Kier molecular flexibility index (Phi) is 7.15. The zero-order valence-electron chi connectivity index (χ0n) is 19.4. The Labute approximate surface area is 201 Å². The Morgan fingerprint density at radius 1 is 0.970 bits per heavy atom. The van der Waals surface area contributed by atoms with Crippen LogP contribution in [0.5, 0.6) is 0 Å². The lowest BCUT2D eigenvalue weighted by Crippen LogP contribution is -2.35. The van der Waals surface area contributed by atoms with Gasteiger partial charge in [-0.05, 0) is 86.5 Å². The van der Waals surface area contributed by atoms with Gasteiger partial charge in [0.05, 0.1) is 11.6 Å². The molecule has 5 heteroatoms. The summed E-state index contributed by atoms with van der Waals surface area (Å²) >= 11 is 6.48. The number of fused-ring (bicyclic) bond motifs is 2. The predicted molar refractivity (Wildman–Crippen MR) is 136 cm³/mol. The second kappa shape index (κ2) is 10.4. The summed E-state index contributed by atoms with van der Waals surface area (Å²) < 4.78 is 0. The average molecular weight is 464 g/mol. The molecule has 0 unspecified atom stereocenters. The molecule has 174 valence electrons. The van der Waals surface area contributed by atoms with Gasteiger partial charge in [-0.3, -0.25) is 9.69 Å². The Hall–Kier alpha value is -2.14. The summed E-state index contributed by atoms with van der Waals surface area (Å²) in [5.74, 6) is 0.968. The monoisotopic (exact) mass is 463 g/mol. The topological polar surface area (TPSA) is 39.3 Å². The van der Waals surface area contributed by atoms with Crippen molar-refractivity contribution in [1.82, 2.24) is 14.8 Å². The van der Waals surface area contributed by atoms with Crippen molar-refractivity contribution < 1.29 is 4.79 Å². The van der Waals surface area contributed by atoms with Crippen LogP contribution in [0, 0.1) is 0 Å². The van der Waals surface area contributed by atoms with Crippen LogP contribution >= 0.6 is 11.6 Å². The van der Waals surface area contributed by atoms with E-state index in [4.69, 9.17) is 11.6 Å². The SMILES string of the molecule is O=C(CCCCN1CCC(c2c[nH]c3cccc(Cl)c23)CC1)CN1CCc2ccccc2C1. The number of halogens is 1. The quantitative estimate of drug-likeness (QED) is 0.429. The first-order chi connectivity index (χ1) is 16.2. The molecule has 2 aliphatic rings. The van der Waals surface area contributed by atoms with E-state index >= 15 is 0 Å². The van der Waals surface area contributed by atoms with E-state index in [9.17, 15) is 4.79 Å². The summed E-state index contributed by atoms with van der Waals surface area (Å²) in [7, 11) is 0. The van der Waals surface area contributed by atoms with Crippen LogP contribution < -0.4 is 0 Å². The second-order valence-electron chi connectivity index (χ2n) is 9.75. The molecule has 0 bridgehead atoms. The third-order valence-electron chi connectivity index (χ3n) is 7.50. The minimum Gasteiger partial charge on any atom is -0.361 e. The van der Waals surface area contributed by atoms with Crippen molar-refractivity contribution in [3.63, 3.8) is 0 Å². The third kappa shape index (κ3) is 5.34. The smallest absolute Gasteiger partial charge is 0.146 e. The van der Waals surface area contributed by atoms with Crippen molar-refractivity contribution in [2.75, 3.05) is 32.7 Å². The average Bonchev–Trinajstić information content (AvgIpc) is 3.28. The summed E-state index contributed by atoms with van der Waals surface area (Å²) in [5.41, 5.74) is 5.34. The van der Waals surface area contributed by atoms with Gasteiger partial charge in [0.1, 0.15) is 5.78 Å². The van der Waals surface area contributed by atoms with Gasteiger partial charge in [0.15, 0.2) is 0 Å². The predicted octanol–water partition coefficient (Wildman–Crippen LogP) is 5.80. The standard InChI is InChI=1S/C28H34ClN3O/c29-26-9-5-10-27-28(26)25(18-30-27)22-12-15-31(16-13-22)14-4-3-8-24(33)20-32-17-11-21-6-1-2-7-23(21)19-32/h1-2,5-7,9-10,18,22,30H,3-4,8,11-17,19-20H2. The number of nitrogens with one attached hydrogen (secondary N) is 1. The van der Waals surface area contributed by atoms with Gasteiger partial charge in [-0.2, -0.15) is 0 Å². The number of aromatic amines is 1. The van der Waals surface area contributed by atoms with Crippen molar-refractivity contribution >= 4 is 28.3 Å². The zero-order valence-corrected chi connectivity index (χ0v) is 20.1. The van der Waals surface area contributed by atoms with Crippen molar-refractivity contribution in [2.45, 2.75) is 51.0 Å². The lowest BCUT2D eigenvalue weighted by atomic mass is 9.89. The molecule has 3 aromatic rings. The maximum atomic E-state index is 12.5. The van der Waals surface area contributed by atoms with Gasteiger partial charge < -0.3 is 9.88 Å². The van der Waals surface area contributed by atoms with E-state index in [1.807, 2.05) is 12.1 Å². The van der Waals surface area contributed by atoms with E-state index in [0.717, 1.165) is 62.5 Å². The van der Waals surface area contributed by atoms with Crippen LogP contribution in [0.2, 0.25) is 5.02 Å². The molecule has 0 radical (unpaired) electrons. The summed E-state index contributed by atoms with van der Waals surface area (Å²) in [6, 6.07) is 14.7. The highest BCUT2D eigenvalue weighted by molar-refractivity contribution is 6.35. The van der Waals surface area contributed by atoms with E-state index < -0.39 is 0 Å². The number of nitrogens with zero attached hydrogens (tertiary/aromatic N) is 2. The highest BCUT2D eigenvalue weighted by atomic mass is 35.5. The summed E-state index contributed by atoms with van der Waals surface area (Å²) in [4.78, 5) is 20.8. The summed E-state index contributed by atoms with van der Waals surface area (Å²) in [5, 5.41) is 2.05. The van der Waals surface area contributed by atoms with Crippen LogP contribution in [0.3, 0.4) is 0 Å². The number of ketones is 1. The second-order valence-corrected chi connectivity index (χ2v) is 10.2. The molecule has 2 aromatic carbocycles. The van der Waals surface area contributed by atoms with Gasteiger partial charge in [0, 0.05) is 36.6 Å². The normalized spacial score (nSPS) is 18.0. The Balaban J connectivity index is 1.01. The van der Waals surface area contributed by atoms with Gasteiger partial charge in [0.25, 0.3) is 0 Å². The van der Waals surface area contributed by atoms with Crippen LogP contribution in [0.1, 0.15) is 54.7 Å². The lowest BCUT2D eigenvalue weighted by molar-refractivity contribution is -0.120. The highest BCUT2D eigenvalue weighted by Crippen LogP contribution is 2.36. The molecule has 4 nitrogen and oxygen atoms in total. The maximum absolute atomic E-state index is 12.5. The molecule has 0 saturated carbocycles. The van der Waals surface area contributed by atoms with Gasteiger partial charge in [0.2, 0.25) is 0 Å². The number of carbonyl (C=O) groups excluding carboxylic acids is 1. The fraction of sp³-hybridized carbons (Fsp3) is 0.464. The first-order valence-electron chi connectivity index (χ1n) is 12.5. The Morgan fingerprint density at radius 3 is 2.64 bits per heavy atom. The Bertz CT molecular complexity index is 1100. The molecular weight excluding hydrogens is 430 g/mol. The molecule has 1 fully saturated rings. The number of aromatic nitrogens is 1. The molecule has 5 rings (SSSR count). The Morgan fingerprint density at radius 2 is 1.79 bits per heavy atom. The number of carbonyl (C=O) groups is 1. The van der Waals surface area contributed by atoms with Gasteiger partial charge in [-0.25, -0.2) is 0 Å². The fourth-order valence-electron chi connectivity index (χ4n) is 5.63. The largest absolute Gasteiger partial charge is 0.361 e. The third-order valence-corrected chi connectivity index (χ3v) is 7.82. The lowest BCUT2D eigenvalue weighted by Gasteiger charge is -2.32. The number of benzene rings is 2. The number of hydrogen-bond acceptors (Lipinski definition) is 3. The van der Waals surface area contributed by atoms with E-state index in [-0.39, 0.29) is 0 Å². The summed E-state index contributed by atoms with van der Waals surface area (Å²) in [6.45, 7) is 5.88. The number of Topliss-reactive ketones (excluding diaryl/α,β-unsaturated/α-hetero) is 1. The molecule has 1 saturated heterocycles. The fourth-order valence-corrected chi connectivity index (χ4v) is 5.91. The zero-order chi connectivity index (χ0) is 22.6. The number of hydrogen-bond donors (Lipinski definition) is 1. The van der Waals surface area contributed by atoms with E-state index in [0.29, 0.717) is 24.7 Å². The molecule has 0 spiro atoms. The molecule has 0 amide bonds. The molecule has 1 aromatic heterocycles. The van der Waals surface area contributed by atoms with Crippen molar-refractivity contribution in [3.8, 4) is 0 Å². The number of rotatable bonds is 8. The maximum Gasteiger partial charge on any atom is 0.146 e. The number of unbranched alkanes of at least 4 members (excludes halogenated alkanes) is 1. The molecule has 0 atom stereocenters. The molecule has 33 heavy (non-hydrogen) atoms. The van der Waals surface area contributed by atoms with Gasteiger partial charge in [-0.15, -0.1) is 0 Å². The van der Waals surface area contributed by atoms with Gasteiger partial charge >= 0.3 is 0 Å². The van der Waals surface area contributed by atoms with Crippen LogP contribution in [-0.4, -0.2) is 53.3 Å². The molecule has 1 N–H and O–H groups in total. The van der Waals surface area contributed by atoms with E-state index in [1.54, 1.807) is 0 Å². The van der Waals surface area contributed by atoms with E-state index in [1.165, 1.54) is 34.9 Å². The molecule has 0 aliphatic carbocycles. The molecule has 3 heterocycles. The van der Waals surface area contributed by atoms with Crippen molar-refractivity contribution in [3.05, 3.63) is 70.4 Å². The number of H-pyrrole nitrogens is 1. The minimum absolute atomic E-state index is 0.393. The first kappa shape index (κ1) is 22.6. The van der Waals surface area contributed by atoms with Crippen LogP contribution in [-0.2, 0) is 17.8 Å². The summed E-state index contributed by atoms with van der Waals surface area (Å²) in [6.07, 6.45) is 8.39. The van der Waals surface area contributed by atoms with Crippen LogP contribution in [0.4, 0.5) is 0 Å². The molecule has 2 aliphatic heterocycles. The van der Waals surface area contributed by atoms with Gasteiger partial charge in [-0.1, -0.05) is 41.9 Å². The van der Waals surface area contributed by atoms with Crippen LogP contribution in [0.25, 0.3) is 10.9 Å². The first-order valence-corrected chi connectivity index (χ1v) is 12.8. The minimum atomic E-state index is 0.393. The molecular formula is C28H34ClN3O. The van der Waals surface area contributed by atoms with Crippen molar-refractivity contribution in [1.29, 1.82) is 0 Å². The van der Waals surface area contributed by atoms with Crippen molar-refractivity contribution in [2.24, 2.45) is 0 Å².